The first kappa shape index (κ1) is 22.4. The quantitative estimate of drug-likeness (QED) is 0.365. The van der Waals surface area contributed by atoms with Crippen molar-refractivity contribution in [2.45, 2.75) is 6.42 Å². The highest BCUT2D eigenvalue weighted by Crippen LogP contribution is 2.35. The number of carbonyl (C=O) groups excluding carboxylic acids is 1. The lowest BCUT2D eigenvalue weighted by atomic mass is 10.1. The molecular weight excluding hydrogens is 482 g/mol. The summed E-state index contributed by atoms with van der Waals surface area (Å²) in [5.74, 6) is -0.00609. The molecule has 0 atom stereocenters. The van der Waals surface area contributed by atoms with Gasteiger partial charge in [0.1, 0.15) is 0 Å². The highest BCUT2D eigenvalue weighted by molar-refractivity contribution is 9.10. The summed E-state index contributed by atoms with van der Waals surface area (Å²) < 4.78 is 0.992. The van der Waals surface area contributed by atoms with Crippen LogP contribution < -0.4 is 4.90 Å². The molecule has 0 radical (unpaired) electrons. The van der Waals surface area contributed by atoms with Crippen LogP contribution in [0.15, 0.2) is 93.2 Å². The molecule has 4 rings (SSSR count). The van der Waals surface area contributed by atoms with Crippen molar-refractivity contribution < 1.29 is 4.79 Å². The number of anilines is 1. The Morgan fingerprint density at radius 2 is 1.69 bits per heavy atom. The molecule has 162 valence electrons. The molecule has 1 heterocycles. The highest BCUT2D eigenvalue weighted by atomic mass is 79.9. The molecule has 1 amide bonds. The molecule has 4 nitrogen and oxygen atoms in total. The van der Waals surface area contributed by atoms with Crippen molar-refractivity contribution in [2.24, 2.45) is 4.99 Å². The molecule has 3 aromatic rings. The van der Waals surface area contributed by atoms with E-state index < -0.39 is 0 Å². The monoisotopic (exact) mass is 505 g/mol. The average molecular weight is 506 g/mol. The predicted molar refractivity (Wildman–Crippen MR) is 139 cm³/mol. The molecule has 0 aliphatic carbocycles. The molecule has 1 fully saturated rings. The van der Waals surface area contributed by atoms with Gasteiger partial charge in [0.25, 0.3) is 5.91 Å². The number of para-hydroxylation sites is 1. The number of amidine groups is 1. The van der Waals surface area contributed by atoms with Crippen LogP contribution in [0, 0.1) is 0 Å². The van der Waals surface area contributed by atoms with Gasteiger partial charge in [-0.05, 0) is 75.6 Å². The number of hydrogen-bond donors (Lipinski definition) is 0. The minimum atomic E-state index is -0.00609. The Morgan fingerprint density at radius 3 is 2.34 bits per heavy atom. The maximum atomic E-state index is 13.3. The van der Waals surface area contributed by atoms with E-state index in [2.05, 4.69) is 28.1 Å². The van der Waals surface area contributed by atoms with Crippen molar-refractivity contribution in [3.05, 3.63) is 99.4 Å². The molecule has 0 bridgehead atoms. The number of hydrogen-bond acceptors (Lipinski definition) is 4. The fraction of sp³-hybridized carbons (Fsp3) is 0.154. The van der Waals surface area contributed by atoms with Crippen LogP contribution in [0.2, 0.25) is 0 Å². The minimum absolute atomic E-state index is 0.00609. The summed E-state index contributed by atoms with van der Waals surface area (Å²) in [7, 11) is 4.01. The largest absolute Gasteiger partial charge is 0.377 e. The van der Waals surface area contributed by atoms with Crippen LogP contribution in [0.25, 0.3) is 6.08 Å². The van der Waals surface area contributed by atoms with Gasteiger partial charge in [-0.25, -0.2) is 4.99 Å². The third-order valence-corrected chi connectivity index (χ3v) is 6.73. The van der Waals surface area contributed by atoms with E-state index in [1.54, 1.807) is 4.90 Å². The zero-order chi connectivity index (χ0) is 22.5. The van der Waals surface area contributed by atoms with Gasteiger partial charge < -0.3 is 4.90 Å². The van der Waals surface area contributed by atoms with E-state index in [1.807, 2.05) is 91.8 Å². The second-order valence-corrected chi connectivity index (χ2v) is 9.50. The lowest BCUT2D eigenvalue weighted by Crippen LogP contribution is -2.31. The Morgan fingerprint density at radius 1 is 1.00 bits per heavy atom. The van der Waals surface area contributed by atoms with Crippen LogP contribution in [0.3, 0.4) is 0 Å². The second-order valence-electron chi connectivity index (χ2n) is 7.64. The molecule has 3 aromatic carbocycles. The van der Waals surface area contributed by atoms with Crippen molar-refractivity contribution in [3.8, 4) is 0 Å². The van der Waals surface area contributed by atoms with Gasteiger partial charge in [-0.1, -0.05) is 54.6 Å². The summed E-state index contributed by atoms with van der Waals surface area (Å²) in [4.78, 5) is 22.6. The van der Waals surface area contributed by atoms with Gasteiger partial charge in [-0.3, -0.25) is 9.69 Å². The van der Waals surface area contributed by atoms with Gasteiger partial charge in [0.15, 0.2) is 5.17 Å². The lowest BCUT2D eigenvalue weighted by molar-refractivity contribution is -0.122. The molecule has 1 aliphatic heterocycles. The van der Waals surface area contributed by atoms with E-state index in [4.69, 9.17) is 4.99 Å². The van der Waals surface area contributed by atoms with Gasteiger partial charge in [0.2, 0.25) is 0 Å². The summed E-state index contributed by atoms with van der Waals surface area (Å²) in [6, 6.07) is 26.1. The Balaban J connectivity index is 1.63. The number of amides is 1. The van der Waals surface area contributed by atoms with Crippen molar-refractivity contribution in [1.29, 1.82) is 0 Å². The van der Waals surface area contributed by atoms with Crippen molar-refractivity contribution in [3.63, 3.8) is 0 Å². The standard InChI is InChI=1S/C26H24BrN3OS/c1-29(2)23-14-13-20(17-22(23)27)18-24-25(31)30(16-15-19-9-5-3-6-10-19)26(32-24)28-21-11-7-4-8-12-21/h3-14,17-18H,15-16H2,1-2H3/b24-18+,28-26?. The summed E-state index contributed by atoms with van der Waals surface area (Å²) >= 11 is 5.06. The number of carbonyl (C=O) groups is 1. The van der Waals surface area contributed by atoms with Crippen molar-refractivity contribution in [1.82, 2.24) is 4.90 Å². The number of rotatable bonds is 6. The third-order valence-electron chi connectivity index (χ3n) is 5.09. The molecule has 0 aromatic heterocycles. The first-order chi connectivity index (χ1) is 15.5. The summed E-state index contributed by atoms with van der Waals surface area (Å²) in [6.07, 6.45) is 2.72. The topological polar surface area (TPSA) is 35.9 Å². The van der Waals surface area contributed by atoms with E-state index in [0.29, 0.717) is 16.6 Å². The van der Waals surface area contributed by atoms with Crippen LogP contribution in [0.5, 0.6) is 0 Å². The summed E-state index contributed by atoms with van der Waals surface area (Å²) in [5.41, 5.74) is 4.10. The molecular formula is C26H24BrN3OS. The summed E-state index contributed by atoms with van der Waals surface area (Å²) in [5, 5.41) is 0.715. The molecule has 6 heteroatoms. The van der Waals surface area contributed by atoms with Gasteiger partial charge >= 0.3 is 0 Å². The lowest BCUT2D eigenvalue weighted by Gasteiger charge is -2.15. The molecule has 32 heavy (non-hydrogen) atoms. The predicted octanol–water partition coefficient (Wildman–Crippen LogP) is 6.36. The number of halogens is 1. The molecule has 0 saturated carbocycles. The summed E-state index contributed by atoms with van der Waals surface area (Å²) in [6.45, 7) is 0.585. The first-order valence-corrected chi connectivity index (χ1v) is 12.0. The maximum absolute atomic E-state index is 13.3. The smallest absolute Gasteiger partial charge is 0.266 e. The van der Waals surface area contributed by atoms with Crippen LogP contribution in [0.4, 0.5) is 11.4 Å². The Bertz CT molecular complexity index is 1160. The van der Waals surface area contributed by atoms with Crippen LogP contribution in [0.1, 0.15) is 11.1 Å². The normalized spacial score (nSPS) is 16.2. The second kappa shape index (κ2) is 10.2. The zero-order valence-corrected chi connectivity index (χ0v) is 20.4. The van der Waals surface area contributed by atoms with Crippen molar-refractivity contribution in [2.75, 3.05) is 25.5 Å². The van der Waals surface area contributed by atoms with Crippen LogP contribution in [-0.4, -0.2) is 36.6 Å². The number of thioether (sulfide) groups is 1. The SMILES string of the molecule is CN(C)c1ccc(/C=C2/SC(=Nc3ccccc3)N(CCc3ccccc3)C2=O)cc1Br. The van der Waals surface area contributed by atoms with Crippen LogP contribution in [-0.2, 0) is 11.2 Å². The van der Waals surface area contributed by atoms with Gasteiger partial charge in [-0.2, -0.15) is 0 Å². The molecule has 0 N–H and O–H groups in total. The zero-order valence-electron chi connectivity index (χ0n) is 18.0. The fourth-order valence-electron chi connectivity index (χ4n) is 3.41. The Labute approximate surface area is 201 Å². The number of benzene rings is 3. The molecule has 0 spiro atoms. The maximum Gasteiger partial charge on any atom is 0.266 e. The van der Waals surface area contributed by atoms with Crippen LogP contribution >= 0.6 is 27.7 Å². The highest BCUT2D eigenvalue weighted by Gasteiger charge is 2.33. The van der Waals surface area contributed by atoms with E-state index in [1.165, 1.54) is 17.3 Å². The Hall–Kier alpha value is -2.83. The van der Waals surface area contributed by atoms with Gasteiger partial charge in [-0.15, -0.1) is 0 Å². The van der Waals surface area contributed by atoms with Gasteiger partial charge in [0, 0.05) is 25.1 Å². The van der Waals surface area contributed by atoms with Gasteiger partial charge in [0.05, 0.1) is 16.3 Å². The number of nitrogens with zero attached hydrogens (tertiary/aromatic N) is 3. The van der Waals surface area contributed by atoms with Crippen molar-refractivity contribution >= 4 is 56.2 Å². The van der Waals surface area contributed by atoms with E-state index in [0.717, 1.165) is 27.8 Å². The van der Waals surface area contributed by atoms with E-state index in [-0.39, 0.29) is 5.91 Å². The third kappa shape index (κ3) is 5.31. The molecule has 1 saturated heterocycles. The fourth-order valence-corrected chi connectivity index (χ4v) is 5.19. The molecule has 0 unspecified atom stereocenters. The first-order valence-electron chi connectivity index (χ1n) is 10.4. The van der Waals surface area contributed by atoms with E-state index in [9.17, 15) is 4.79 Å². The average Bonchev–Trinajstić information content (AvgIpc) is 3.07. The molecule has 1 aliphatic rings. The van der Waals surface area contributed by atoms with E-state index >= 15 is 0 Å². The Kier molecular flexibility index (Phi) is 7.12. The minimum Gasteiger partial charge on any atom is -0.377 e. The number of aliphatic imine (C=N–C) groups is 1.